The smallest absolute Gasteiger partial charge is 0.382 e. The van der Waals surface area contributed by atoms with E-state index in [1.165, 1.54) is 6.07 Å². The van der Waals surface area contributed by atoms with Gasteiger partial charge in [-0.05, 0) is 24.3 Å². The highest BCUT2D eigenvalue weighted by atomic mass is 35.5. The number of hydrogen-bond donors (Lipinski definition) is 1. The van der Waals surface area contributed by atoms with Gasteiger partial charge in [-0.25, -0.2) is 0 Å². The van der Waals surface area contributed by atoms with Gasteiger partial charge in [0, 0.05) is 23.7 Å². The largest absolute Gasteiger partial charge is 0.416 e. The number of likely N-dealkylation sites (N-methyl/N-ethyl adjacent to an activating group) is 1. The first-order chi connectivity index (χ1) is 10.7. The summed E-state index contributed by atoms with van der Waals surface area (Å²) in [5.74, 6) is -0.521. The third-order valence-electron chi connectivity index (χ3n) is 3.03. The van der Waals surface area contributed by atoms with Gasteiger partial charge in [-0.15, -0.1) is 0 Å². The Balaban J connectivity index is 2.10. The Bertz CT molecular complexity index is 685. The van der Waals surface area contributed by atoms with Crippen LogP contribution in [0.2, 0.25) is 5.02 Å². The molecular formula is C14H12ClF3N2O3. The highest BCUT2D eigenvalue weighted by Crippen LogP contribution is 2.24. The highest BCUT2D eigenvalue weighted by Gasteiger charge is 2.39. The van der Waals surface area contributed by atoms with Crippen molar-refractivity contribution in [3.05, 3.63) is 41.0 Å². The Labute approximate surface area is 134 Å². The van der Waals surface area contributed by atoms with Gasteiger partial charge >= 0.3 is 6.18 Å². The van der Waals surface area contributed by atoms with Crippen LogP contribution in [0.15, 0.2) is 34.9 Å². The molecule has 1 aromatic carbocycles. The SMILES string of the molecule is CN(CC(O)C(F)(F)F)C(=O)c1cc(-c2ccc(Cl)cc2)on1. The van der Waals surface area contributed by atoms with Gasteiger partial charge in [0.15, 0.2) is 17.6 Å². The molecule has 0 saturated carbocycles. The second kappa shape index (κ2) is 6.59. The summed E-state index contributed by atoms with van der Waals surface area (Å²) in [4.78, 5) is 12.7. The fourth-order valence-electron chi connectivity index (χ4n) is 1.77. The lowest BCUT2D eigenvalue weighted by Gasteiger charge is -2.21. The zero-order valence-corrected chi connectivity index (χ0v) is 12.6. The number of carbonyl (C=O) groups excluding carboxylic acids is 1. The van der Waals surface area contributed by atoms with Crippen molar-refractivity contribution < 1.29 is 27.6 Å². The predicted molar refractivity (Wildman–Crippen MR) is 76.0 cm³/mol. The van der Waals surface area contributed by atoms with Crippen LogP contribution in [0.1, 0.15) is 10.5 Å². The van der Waals surface area contributed by atoms with Crippen LogP contribution < -0.4 is 0 Å². The minimum absolute atomic E-state index is 0.160. The zero-order valence-electron chi connectivity index (χ0n) is 11.8. The lowest BCUT2D eigenvalue weighted by molar-refractivity contribution is -0.205. The molecule has 1 N–H and O–H groups in total. The normalized spacial score (nSPS) is 13.0. The Morgan fingerprint density at radius 1 is 1.39 bits per heavy atom. The molecule has 0 aliphatic heterocycles. The molecule has 1 unspecified atom stereocenters. The summed E-state index contributed by atoms with van der Waals surface area (Å²) in [6.45, 7) is -0.897. The van der Waals surface area contributed by atoms with E-state index in [1.54, 1.807) is 24.3 Å². The van der Waals surface area contributed by atoms with E-state index in [0.717, 1.165) is 11.9 Å². The first-order valence-electron chi connectivity index (χ1n) is 6.41. The molecule has 0 radical (unpaired) electrons. The summed E-state index contributed by atoms with van der Waals surface area (Å²) >= 11 is 5.76. The number of benzene rings is 1. The van der Waals surface area contributed by atoms with Crippen LogP contribution in [0, 0.1) is 0 Å². The van der Waals surface area contributed by atoms with Gasteiger partial charge < -0.3 is 14.5 Å². The first kappa shape index (κ1) is 17.3. The average Bonchev–Trinajstić information content (AvgIpc) is 2.95. The molecule has 0 fully saturated rings. The van der Waals surface area contributed by atoms with E-state index in [0.29, 0.717) is 10.6 Å². The minimum Gasteiger partial charge on any atom is -0.382 e. The van der Waals surface area contributed by atoms with Crippen LogP contribution in [0.5, 0.6) is 0 Å². The molecule has 124 valence electrons. The summed E-state index contributed by atoms with van der Waals surface area (Å²) < 4.78 is 41.9. The molecule has 2 aromatic rings. The number of aliphatic hydroxyl groups excluding tert-OH is 1. The highest BCUT2D eigenvalue weighted by molar-refractivity contribution is 6.30. The molecule has 0 saturated heterocycles. The van der Waals surface area contributed by atoms with E-state index in [2.05, 4.69) is 5.16 Å². The average molecular weight is 349 g/mol. The second-order valence-corrected chi connectivity index (χ2v) is 5.26. The molecule has 1 heterocycles. The van der Waals surface area contributed by atoms with Crippen molar-refractivity contribution in [3.8, 4) is 11.3 Å². The van der Waals surface area contributed by atoms with E-state index in [4.69, 9.17) is 21.2 Å². The Hall–Kier alpha value is -2.06. The van der Waals surface area contributed by atoms with Crippen molar-refractivity contribution in [1.29, 1.82) is 0 Å². The molecule has 1 amide bonds. The van der Waals surface area contributed by atoms with Gasteiger partial charge in [0.1, 0.15) is 0 Å². The van der Waals surface area contributed by atoms with Crippen molar-refractivity contribution in [2.45, 2.75) is 12.3 Å². The second-order valence-electron chi connectivity index (χ2n) is 4.83. The molecule has 1 atom stereocenters. The fraction of sp³-hybridized carbons (Fsp3) is 0.286. The lowest BCUT2D eigenvalue weighted by Crippen LogP contribution is -2.41. The number of rotatable bonds is 4. The van der Waals surface area contributed by atoms with E-state index in [9.17, 15) is 18.0 Å². The van der Waals surface area contributed by atoms with Crippen LogP contribution in [-0.2, 0) is 0 Å². The summed E-state index contributed by atoms with van der Waals surface area (Å²) in [7, 11) is 1.13. The maximum absolute atomic E-state index is 12.3. The van der Waals surface area contributed by atoms with Crippen molar-refractivity contribution in [3.63, 3.8) is 0 Å². The van der Waals surface area contributed by atoms with Crippen molar-refractivity contribution in [1.82, 2.24) is 10.1 Å². The van der Waals surface area contributed by atoms with Crippen molar-refractivity contribution >= 4 is 17.5 Å². The van der Waals surface area contributed by atoms with Gasteiger partial charge in [-0.2, -0.15) is 13.2 Å². The van der Waals surface area contributed by atoms with Gasteiger partial charge in [-0.1, -0.05) is 16.8 Å². The number of nitrogens with zero attached hydrogens (tertiary/aromatic N) is 2. The quantitative estimate of drug-likeness (QED) is 0.922. The summed E-state index contributed by atoms with van der Waals surface area (Å²) in [5.41, 5.74) is 0.450. The molecule has 0 aliphatic rings. The number of hydrogen-bond acceptors (Lipinski definition) is 4. The molecule has 9 heteroatoms. The van der Waals surface area contributed by atoms with Crippen LogP contribution in [0.25, 0.3) is 11.3 Å². The molecule has 5 nitrogen and oxygen atoms in total. The first-order valence-corrected chi connectivity index (χ1v) is 6.79. The summed E-state index contributed by atoms with van der Waals surface area (Å²) in [6.07, 6.45) is -7.42. The molecule has 0 spiro atoms. The third kappa shape index (κ3) is 4.23. The van der Waals surface area contributed by atoms with Crippen LogP contribution in [0.4, 0.5) is 13.2 Å². The number of alkyl halides is 3. The summed E-state index contributed by atoms with van der Waals surface area (Å²) in [5, 5.41) is 13.0. The number of aromatic nitrogens is 1. The van der Waals surface area contributed by atoms with Crippen molar-refractivity contribution in [2.24, 2.45) is 0 Å². The molecule has 23 heavy (non-hydrogen) atoms. The molecule has 0 aliphatic carbocycles. The molecular weight excluding hydrogens is 337 g/mol. The lowest BCUT2D eigenvalue weighted by atomic mass is 10.1. The maximum atomic E-state index is 12.3. The topological polar surface area (TPSA) is 66.6 Å². The number of amides is 1. The van der Waals surface area contributed by atoms with Gasteiger partial charge in [0.25, 0.3) is 5.91 Å². The monoisotopic (exact) mass is 348 g/mol. The van der Waals surface area contributed by atoms with Crippen LogP contribution in [-0.4, -0.2) is 46.9 Å². The number of halogens is 4. The van der Waals surface area contributed by atoms with E-state index >= 15 is 0 Å². The van der Waals surface area contributed by atoms with Gasteiger partial charge in [-0.3, -0.25) is 4.79 Å². The van der Waals surface area contributed by atoms with Crippen LogP contribution in [0.3, 0.4) is 0 Å². The minimum atomic E-state index is -4.80. The van der Waals surface area contributed by atoms with Gasteiger partial charge in [0.2, 0.25) is 0 Å². The molecule has 1 aromatic heterocycles. The third-order valence-corrected chi connectivity index (χ3v) is 3.28. The van der Waals surface area contributed by atoms with Crippen LogP contribution >= 0.6 is 11.6 Å². The van der Waals surface area contributed by atoms with Gasteiger partial charge in [0.05, 0.1) is 6.54 Å². The number of carbonyl (C=O) groups is 1. The van der Waals surface area contributed by atoms with E-state index in [-0.39, 0.29) is 11.5 Å². The number of aliphatic hydroxyl groups is 1. The Morgan fingerprint density at radius 3 is 2.57 bits per heavy atom. The standard InChI is InChI=1S/C14H12ClF3N2O3/c1-20(7-12(21)14(16,17)18)13(22)10-6-11(23-19-10)8-2-4-9(15)5-3-8/h2-6,12,21H,7H2,1H3. The maximum Gasteiger partial charge on any atom is 0.416 e. The fourth-order valence-corrected chi connectivity index (χ4v) is 1.89. The van der Waals surface area contributed by atoms with E-state index < -0.39 is 24.7 Å². The molecule has 0 bridgehead atoms. The predicted octanol–water partition coefficient (Wildman–Crippen LogP) is 2.99. The molecule has 2 rings (SSSR count). The Morgan fingerprint density at radius 2 is 2.00 bits per heavy atom. The van der Waals surface area contributed by atoms with Crippen molar-refractivity contribution in [2.75, 3.05) is 13.6 Å². The summed E-state index contributed by atoms with van der Waals surface area (Å²) in [6, 6.07) is 7.84. The zero-order chi connectivity index (χ0) is 17.2. The van der Waals surface area contributed by atoms with E-state index in [1.807, 2.05) is 0 Å². The Kier molecular flexibility index (Phi) is 4.96.